The summed E-state index contributed by atoms with van der Waals surface area (Å²) < 4.78 is 42.3. The Balaban J connectivity index is 0.000000662. The fraction of sp³-hybridized carbons (Fsp3) is 0.296. The smallest absolute Gasteiger partial charge is 0.244 e. The van der Waals surface area contributed by atoms with Gasteiger partial charge in [-0.05, 0) is 55.8 Å². The molecule has 0 aliphatic heterocycles. The Kier molecular flexibility index (Phi) is 11.2. The van der Waals surface area contributed by atoms with Crippen LogP contribution < -0.4 is 24.2 Å². The van der Waals surface area contributed by atoms with E-state index >= 15 is 0 Å². The lowest BCUT2D eigenvalue weighted by molar-refractivity contribution is -0.127. The van der Waals surface area contributed by atoms with Crippen LogP contribution in [0.1, 0.15) is 19.4 Å². The lowest BCUT2D eigenvalue weighted by atomic mass is 10.0. The predicted molar refractivity (Wildman–Crippen MR) is 141 cm³/mol. The van der Waals surface area contributed by atoms with Crippen LogP contribution in [0.4, 0.5) is 0 Å². The van der Waals surface area contributed by atoms with Gasteiger partial charge in [-0.25, -0.2) is 8.42 Å². The van der Waals surface area contributed by atoms with E-state index in [0.29, 0.717) is 23.9 Å². The maximum atomic E-state index is 12.8. The first-order valence-electron chi connectivity index (χ1n) is 11.4. The molecule has 1 unspecified atom stereocenters. The van der Waals surface area contributed by atoms with Gasteiger partial charge in [0.1, 0.15) is 29.4 Å². The topological polar surface area (TPSA) is 103 Å². The Morgan fingerprint density at radius 1 is 0.833 bits per heavy atom. The van der Waals surface area contributed by atoms with Gasteiger partial charge in [-0.3, -0.25) is 4.79 Å². The minimum Gasteiger partial charge on any atom is -0.497 e. The van der Waals surface area contributed by atoms with Crippen LogP contribution in [0, 0.1) is 0 Å². The Morgan fingerprint density at radius 2 is 1.31 bits per heavy atom. The molecule has 0 aromatic heterocycles. The minimum absolute atomic E-state index is 0.192. The first-order valence-corrected chi connectivity index (χ1v) is 13.3. The molecule has 3 aromatic carbocycles. The number of benzene rings is 3. The minimum atomic E-state index is -3.66. The first kappa shape index (κ1) is 28.7. The van der Waals surface area contributed by atoms with Crippen molar-refractivity contribution in [3.05, 3.63) is 90.5 Å². The van der Waals surface area contributed by atoms with Gasteiger partial charge in [0.25, 0.3) is 0 Å². The summed E-state index contributed by atoms with van der Waals surface area (Å²) in [7, 11) is -2.09. The van der Waals surface area contributed by atoms with Crippen molar-refractivity contribution >= 4 is 15.9 Å². The molecule has 8 nitrogen and oxygen atoms in total. The Morgan fingerprint density at radius 3 is 1.75 bits per heavy atom. The molecule has 0 heterocycles. The SMILES string of the molecule is CCOc1ccc(OCC(C)(NS(C)(=O)=O)C(=O)NCc2ccc(OC)cc2)cc1.c1ccccc1. The number of carbonyl (C=O) groups excluding carboxylic acids is 1. The van der Waals surface area contributed by atoms with Crippen LogP contribution in [-0.4, -0.2) is 46.4 Å². The van der Waals surface area contributed by atoms with Crippen molar-refractivity contribution in [2.45, 2.75) is 25.9 Å². The van der Waals surface area contributed by atoms with Crippen LogP contribution in [-0.2, 0) is 21.4 Å². The summed E-state index contributed by atoms with van der Waals surface area (Å²) in [4.78, 5) is 12.8. The number of ether oxygens (including phenoxy) is 3. The van der Waals surface area contributed by atoms with Gasteiger partial charge in [0.05, 0.1) is 20.0 Å². The van der Waals surface area contributed by atoms with E-state index in [1.165, 1.54) is 6.92 Å². The first-order chi connectivity index (χ1) is 17.1. The van der Waals surface area contributed by atoms with Crippen molar-refractivity contribution in [1.82, 2.24) is 10.0 Å². The molecule has 0 spiro atoms. The molecular formula is C27H34N2O6S. The number of amides is 1. The van der Waals surface area contributed by atoms with E-state index in [0.717, 1.165) is 11.8 Å². The number of nitrogens with one attached hydrogen (secondary N) is 2. The van der Waals surface area contributed by atoms with Crippen molar-refractivity contribution in [3.8, 4) is 17.2 Å². The van der Waals surface area contributed by atoms with Gasteiger partial charge < -0.3 is 19.5 Å². The summed E-state index contributed by atoms with van der Waals surface area (Å²) >= 11 is 0. The third-order valence-corrected chi connectivity index (χ3v) is 5.67. The summed E-state index contributed by atoms with van der Waals surface area (Å²) in [6.07, 6.45) is 0.999. The van der Waals surface area contributed by atoms with E-state index in [1.54, 1.807) is 43.5 Å². The molecule has 3 rings (SSSR count). The van der Waals surface area contributed by atoms with E-state index in [9.17, 15) is 13.2 Å². The second-order valence-corrected chi connectivity index (χ2v) is 9.83. The number of hydrogen-bond acceptors (Lipinski definition) is 6. The molecule has 3 aromatic rings. The van der Waals surface area contributed by atoms with E-state index in [4.69, 9.17) is 14.2 Å². The van der Waals surface area contributed by atoms with Gasteiger partial charge in [0.15, 0.2) is 0 Å². The quantitative estimate of drug-likeness (QED) is 0.404. The molecular weight excluding hydrogens is 480 g/mol. The highest BCUT2D eigenvalue weighted by Gasteiger charge is 2.37. The number of carbonyl (C=O) groups is 1. The summed E-state index contributed by atoms with van der Waals surface area (Å²) in [6.45, 7) is 3.95. The average Bonchev–Trinajstić information content (AvgIpc) is 2.88. The lowest BCUT2D eigenvalue weighted by Crippen LogP contribution is -2.59. The van der Waals surface area contributed by atoms with Crippen molar-refractivity contribution < 1.29 is 27.4 Å². The second-order valence-electron chi connectivity index (χ2n) is 8.08. The van der Waals surface area contributed by atoms with Gasteiger partial charge >= 0.3 is 0 Å². The number of hydrogen-bond donors (Lipinski definition) is 2. The van der Waals surface area contributed by atoms with Crippen molar-refractivity contribution in [2.75, 3.05) is 26.6 Å². The molecule has 0 bridgehead atoms. The molecule has 1 amide bonds. The zero-order valence-electron chi connectivity index (χ0n) is 21.1. The molecule has 9 heteroatoms. The Labute approximate surface area is 213 Å². The van der Waals surface area contributed by atoms with Crippen LogP contribution in [0.2, 0.25) is 0 Å². The van der Waals surface area contributed by atoms with Crippen LogP contribution in [0.25, 0.3) is 0 Å². The number of methoxy groups -OCH3 is 1. The van der Waals surface area contributed by atoms with E-state index in [1.807, 2.05) is 55.5 Å². The number of rotatable bonds is 11. The molecule has 0 fully saturated rings. The number of sulfonamides is 1. The maximum absolute atomic E-state index is 12.8. The molecule has 2 N–H and O–H groups in total. The van der Waals surface area contributed by atoms with Crippen LogP contribution in [0.5, 0.6) is 17.2 Å². The van der Waals surface area contributed by atoms with Crippen LogP contribution in [0.15, 0.2) is 84.9 Å². The largest absolute Gasteiger partial charge is 0.497 e. The van der Waals surface area contributed by atoms with Crippen molar-refractivity contribution in [3.63, 3.8) is 0 Å². The van der Waals surface area contributed by atoms with E-state index < -0.39 is 21.5 Å². The van der Waals surface area contributed by atoms with Gasteiger partial charge in [-0.15, -0.1) is 0 Å². The molecule has 194 valence electrons. The highest BCUT2D eigenvalue weighted by Crippen LogP contribution is 2.19. The Hall–Kier alpha value is -3.56. The van der Waals surface area contributed by atoms with E-state index in [2.05, 4.69) is 10.0 Å². The normalized spacial score (nSPS) is 12.3. The summed E-state index contributed by atoms with van der Waals surface area (Å²) in [5.41, 5.74) is -0.656. The highest BCUT2D eigenvalue weighted by atomic mass is 32.2. The summed E-state index contributed by atoms with van der Waals surface area (Å²) in [5, 5.41) is 2.76. The van der Waals surface area contributed by atoms with Crippen LogP contribution >= 0.6 is 0 Å². The van der Waals surface area contributed by atoms with Gasteiger partial charge in [0, 0.05) is 6.54 Å². The lowest BCUT2D eigenvalue weighted by Gasteiger charge is -2.28. The fourth-order valence-electron chi connectivity index (χ4n) is 3.08. The predicted octanol–water partition coefficient (Wildman–Crippen LogP) is 3.78. The maximum Gasteiger partial charge on any atom is 0.244 e. The van der Waals surface area contributed by atoms with Gasteiger partial charge in [0.2, 0.25) is 15.9 Å². The Bertz CT molecular complexity index is 1130. The third-order valence-electron chi connectivity index (χ3n) is 4.85. The molecule has 1 atom stereocenters. The molecule has 0 saturated carbocycles. The van der Waals surface area contributed by atoms with Crippen molar-refractivity contribution in [2.24, 2.45) is 0 Å². The molecule has 0 aliphatic carbocycles. The fourth-order valence-corrected chi connectivity index (χ4v) is 4.05. The average molecular weight is 515 g/mol. The monoisotopic (exact) mass is 514 g/mol. The zero-order valence-corrected chi connectivity index (χ0v) is 21.9. The second kappa shape index (κ2) is 14.1. The molecule has 0 aliphatic rings. The highest BCUT2D eigenvalue weighted by molar-refractivity contribution is 7.88. The van der Waals surface area contributed by atoms with Gasteiger partial charge in [-0.2, -0.15) is 4.72 Å². The molecule has 0 saturated heterocycles. The van der Waals surface area contributed by atoms with Crippen LogP contribution in [0.3, 0.4) is 0 Å². The molecule has 36 heavy (non-hydrogen) atoms. The zero-order chi connectivity index (χ0) is 26.4. The third kappa shape index (κ3) is 10.4. The van der Waals surface area contributed by atoms with E-state index in [-0.39, 0.29) is 13.2 Å². The summed E-state index contributed by atoms with van der Waals surface area (Å²) in [6, 6.07) is 26.1. The standard InChI is InChI=1S/C21H28N2O6S.C6H6/c1-5-28-18-10-12-19(13-11-18)29-15-21(2,23-30(4,25)26)20(24)22-14-16-6-8-17(27-3)9-7-16;1-2-4-6-5-3-1/h6-13,23H,5,14-15H2,1-4H3,(H,22,24);1-6H. The summed E-state index contributed by atoms with van der Waals surface area (Å²) in [5.74, 6) is 1.38. The molecule has 0 radical (unpaired) electrons. The van der Waals surface area contributed by atoms with Gasteiger partial charge in [-0.1, -0.05) is 48.5 Å². The van der Waals surface area contributed by atoms with Crippen molar-refractivity contribution in [1.29, 1.82) is 0 Å².